The second-order valence-electron chi connectivity index (χ2n) is 6.09. The van der Waals surface area contributed by atoms with Crippen LogP contribution < -0.4 is 4.74 Å². The number of ether oxygens (including phenoxy) is 2. The first-order valence-electron chi connectivity index (χ1n) is 7.91. The number of hydrogen-bond donors (Lipinski definition) is 0. The van der Waals surface area contributed by atoms with Gasteiger partial charge in [0.25, 0.3) is 0 Å². The van der Waals surface area contributed by atoms with E-state index in [9.17, 15) is 4.79 Å². The summed E-state index contributed by atoms with van der Waals surface area (Å²) in [5.74, 6) is 0.790. The monoisotopic (exact) mass is 314 g/mol. The van der Waals surface area contributed by atoms with Crippen LogP contribution in [-0.4, -0.2) is 54.6 Å². The molecule has 3 rings (SSSR count). The molecule has 0 radical (unpaired) electrons. The molecule has 0 aliphatic carbocycles. The van der Waals surface area contributed by atoms with Crippen molar-refractivity contribution >= 4 is 16.7 Å². The summed E-state index contributed by atoms with van der Waals surface area (Å²) in [6, 6.07) is 7.41. The number of benzene rings is 1. The Morgan fingerprint density at radius 3 is 2.74 bits per heavy atom. The van der Waals surface area contributed by atoms with Gasteiger partial charge in [0, 0.05) is 30.2 Å². The van der Waals surface area contributed by atoms with Crippen molar-refractivity contribution in [2.24, 2.45) is 0 Å². The number of carbonyl (C=O) groups excluding carboxylic acids is 1. The maximum atomic E-state index is 12.8. The minimum atomic E-state index is 0.104. The highest BCUT2D eigenvalue weighted by atomic mass is 16.5. The van der Waals surface area contributed by atoms with E-state index in [-0.39, 0.29) is 18.0 Å². The number of nitrogens with zero attached hydrogens (tertiary/aromatic N) is 2. The lowest BCUT2D eigenvalue weighted by Gasteiger charge is -2.34. The number of pyridine rings is 1. The number of Topliss-reactive ketones (excluding diaryl/α,β-unsaturated/α-hetero) is 1. The van der Waals surface area contributed by atoms with E-state index in [0.717, 1.165) is 24.0 Å². The third-order valence-corrected chi connectivity index (χ3v) is 4.12. The Balaban J connectivity index is 1.87. The Kier molecular flexibility index (Phi) is 4.59. The summed E-state index contributed by atoms with van der Waals surface area (Å²) >= 11 is 0. The average molecular weight is 314 g/mol. The van der Waals surface area contributed by atoms with Crippen molar-refractivity contribution in [2.45, 2.75) is 26.1 Å². The van der Waals surface area contributed by atoms with E-state index in [1.54, 1.807) is 13.3 Å². The van der Waals surface area contributed by atoms with Gasteiger partial charge < -0.3 is 9.47 Å². The SMILES string of the molecule is COc1ccc(C(=O)CN2CC(C)OC(C)C2)c2cccnc12. The first kappa shape index (κ1) is 15.9. The maximum Gasteiger partial charge on any atom is 0.177 e. The summed E-state index contributed by atoms with van der Waals surface area (Å²) in [4.78, 5) is 19.3. The van der Waals surface area contributed by atoms with Crippen LogP contribution in [0.4, 0.5) is 0 Å². The Labute approximate surface area is 136 Å². The summed E-state index contributed by atoms with van der Waals surface area (Å²) < 4.78 is 11.1. The summed E-state index contributed by atoms with van der Waals surface area (Å²) in [6.07, 6.45) is 2.02. The van der Waals surface area contributed by atoms with Crippen molar-refractivity contribution in [1.29, 1.82) is 0 Å². The van der Waals surface area contributed by atoms with Crippen LogP contribution >= 0.6 is 0 Å². The van der Waals surface area contributed by atoms with Gasteiger partial charge >= 0.3 is 0 Å². The average Bonchev–Trinajstić information content (AvgIpc) is 2.52. The van der Waals surface area contributed by atoms with Gasteiger partial charge in [-0.1, -0.05) is 6.07 Å². The van der Waals surface area contributed by atoms with Crippen LogP contribution in [-0.2, 0) is 4.74 Å². The van der Waals surface area contributed by atoms with Crippen molar-refractivity contribution in [2.75, 3.05) is 26.7 Å². The molecule has 1 fully saturated rings. The summed E-state index contributed by atoms with van der Waals surface area (Å²) in [6.45, 7) is 6.04. The van der Waals surface area contributed by atoms with Gasteiger partial charge in [-0.15, -0.1) is 0 Å². The van der Waals surface area contributed by atoms with Gasteiger partial charge in [-0.3, -0.25) is 14.7 Å². The quantitative estimate of drug-likeness (QED) is 0.812. The zero-order chi connectivity index (χ0) is 16.4. The van der Waals surface area contributed by atoms with Crippen molar-refractivity contribution < 1.29 is 14.3 Å². The fourth-order valence-corrected chi connectivity index (χ4v) is 3.26. The Morgan fingerprint density at radius 2 is 2.04 bits per heavy atom. The molecule has 1 aromatic carbocycles. The van der Waals surface area contributed by atoms with E-state index < -0.39 is 0 Å². The molecule has 23 heavy (non-hydrogen) atoms. The maximum absolute atomic E-state index is 12.8. The number of methoxy groups -OCH3 is 1. The fraction of sp³-hybridized carbons (Fsp3) is 0.444. The van der Waals surface area contributed by atoms with Crippen LogP contribution in [0.5, 0.6) is 5.75 Å². The molecule has 2 unspecified atom stereocenters. The van der Waals surface area contributed by atoms with E-state index in [4.69, 9.17) is 9.47 Å². The number of morpholine rings is 1. The molecule has 1 aromatic heterocycles. The number of hydrogen-bond acceptors (Lipinski definition) is 5. The second kappa shape index (κ2) is 6.64. The number of fused-ring (bicyclic) bond motifs is 1. The highest BCUT2D eigenvalue weighted by Crippen LogP contribution is 2.27. The molecule has 5 nitrogen and oxygen atoms in total. The first-order valence-corrected chi connectivity index (χ1v) is 7.91. The van der Waals surface area contributed by atoms with E-state index >= 15 is 0 Å². The van der Waals surface area contributed by atoms with Gasteiger partial charge in [0.2, 0.25) is 0 Å². The van der Waals surface area contributed by atoms with Crippen molar-refractivity contribution in [3.63, 3.8) is 0 Å². The van der Waals surface area contributed by atoms with Gasteiger partial charge in [-0.05, 0) is 32.0 Å². The molecule has 0 amide bonds. The van der Waals surface area contributed by atoms with E-state index in [0.29, 0.717) is 17.9 Å². The molecular formula is C18H22N2O3. The lowest BCUT2D eigenvalue weighted by molar-refractivity contribution is -0.0652. The number of rotatable bonds is 4. The van der Waals surface area contributed by atoms with E-state index in [1.807, 2.05) is 38.1 Å². The topological polar surface area (TPSA) is 51.7 Å². The van der Waals surface area contributed by atoms with Crippen LogP contribution in [0.3, 0.4) is 0 Å². The molecule has 0 bridgehead atoms. The molecule has 1 aliphatic rings. The molecule has 1 saturated heterocycles. The van der Waals surface area contributed by atoms with Crippen LogP contribution in [0.15, 0.2) is 30.5 Å². The smallest absolute Gasteiger partial charge is 0.177 e. The lowest BCUT2D eigenvalue weighted by Crippen LogP contribution is -2.47. The zero-order valence-electron chi connectivity index (χ0n) is 13.8. The minimum Gasteiger partial charge on any atom is -0.494 e. The normalized spacial score (nSPS) is 22.2. The van der Waals surface area contributed by atoms with Gasteiger partial charge in [0.1, 0.15) is 11.3 Å². The molecular weight excluding hydrogens is 292 g/mol. The molecule has 5 heteroatoms. The molecule has 2 atom stereocenters. The summed E-state index contributed by atoms with van der Waals surface area (Å²) in [7, 11) is 1.61. The molecule has 0 saturated carbocycles. The molecule has 2 heterocycles. The Morgan fingerprint density at radius 1 is 1.30 bits per heavy atom. The van der Waals surface area contributed by atoms with Gasteiger partial charge in [0.05, 0.1) is 25.9 Å². The Bertz CT molecular complexity index is 706. The third-order valence-electron chi connectivity index (χ3n) is 4.12. The summed E-state index contributed by atoms with van der Waals surface area (Å²) in [5.41, 5.74) is 1.42. The van der Waals surface area contributed by atoms with Gasteiger partial charge in [0.15, 0.2) is 5.78 Å². The molecule has 0 N–H and O–H groups in total. The minimum absolute atomic E-state index is 0.104. The highest BCUT2D eigenvalue weighted by Gasteiger charge is 2.24. The van der Waals surface area contributed by atoms with Crippen molar-refractivity contribution in [3.05, 3.63) is 36.0 Å². The summed E-state index contributed by atoms with van der Waals surface area (Å²) in [5, 5.41) is 0.839. The van der Waals surface area contributed by atoms with Crippen LogP contribution in [0, 0.1) is 0 Å². The first-order chi connectivity index (χ1) is 11.1. The predicted octanol–water partition coefficient (Wildman–Crippen LogP) is 2.54. The van der Waals surface area contributed by atoms with Gasteiger partial charge in [-0.25, -0.2) is 0 Å². The molecule has 1 aliphatic heterocycles. The zero-order valence-corrected chi connectivity index (χ0v) is 13.8. The van der Waals surface area contributed by atoms with E-state index in [1.165, 1.54) is 0 Å². The van der Waals surface area contributed by atoms with Crippen LogP contribution in [0.1, 0.15) is 24.2 Å². The number of ketones is 1. The predicted molar refractivity (Wildman–Crippen MR) is 89.1 cm³/mol. The highest BCUT2D eigenvalue weighted by molar-refractivity contribution is 6.09. The lowest BCUT2D eigenvalue weighted by atomic mass is 10.0. The largest absolute Gasteiger partial charge is 0.494 e. The van der Waals surface area contributed by atoms with Gasteiger partial charge in [-0.2, -0.15) is 0 Å². The molecule has 122 valence electrons. The fourth-order valence-electron chi connectivity index (χ4n) is 3.26. The van der Waals surface area contributed by atoms with Crippen molar-refractivity contribution in [1.82, 2.24) is 9.88 Å². The Hall–Kier alpha value is -1.98. The standard InChI is InChI=1S/C18H22N2O3/c1-12-9-20(10-13(2)23-12)11-16(21)14-6-7-17(22-3)18-15(14)5-4-8-19-18/h4-8,12-13H,9-11H2,1-3H3. The second-order valence-corrected chi connectivity index (χ2v) is 6.09. The number of aromatic nitrogens is 1. The third kappa shape index (κ3) is 3.35. The molecule has 0 spiro atoms. The van der Waals surface area contributed by atoms with Crippen molar-refractivity contribution in [3.8, 4) is 5.75 Å². The van der Waals surface area contributed by atoms with E-state index in [2.05, 4.69) is 9.88 Å². The molecule has 2 aromatic rings. The number of carbonyl (C=O) groups is 1. The van der Waals surface area contributed by atoms with Crippen LogP contribution in [0.25, 0.3) is 10.9 Å². The van der Waals surface area contributed by atoms with Crippen LogP contribution in [0.2, 0.25) is 0 Å².